The van der Waals surface area contributed by atoms with Gasteiger partial charge in [-0.1, -0.05) is 6.07 Å². The van der Waals surface area contributed by atoms with Crippen LogP contribution in [0, 0.1) is 0 Å². The molecule has 0 saturated heterocycles. The van der Waals surface area contributed by atoms with Crippen LogP contribution in [0.1, 0.15) is 24.5 Å². The predicted molar refractivity (Wildman–Crippen MR) is 62.0 cm³/mol. The first-order valence-corrected chi connectivity index (χ1v) is 5.60. The minimum atomic E-state index is -0.528. The molecular formula is C11H15BrO3. The Morgan fingerprint density at radius 1 is 1.47 bits per heavy atom. The Kier molecular flexibility index (Phi) is 5.08. The zero-order valence-electron chi connectivity index (χ0n) is 8.61. The summed E-state index contributed by atoms with van der Waals surface area (Å²) in [6.45, 7) is 0.106. The average Bonchev–Trinajstić information content (AvgIpc) is 2.25. The van der Waals surface area contributed by atoms with Crippen LogP contribution in [-0.4, -0.2) is 23.9 Å². The first-order chi connectivity index (χ1) is 7.19. The van der Waals surface area contributed by atoms with Gasteiger partial charge in [0.2, 0.25) is 0 Å². The van der Waals surface area contributed by atoms with Crippen LogP contribution < -0.4 is 4.74 Å². The standard InChI is InChI=1S/C11H15BrO3/c1-15-11-5-4-8(7-9(11)12)10(14)3-2-6-13/h4-5,7,10,13-14H,2-3,6H2,1H3. The number of halogens is 1. The molecular weight excluding hydrogens is 260 g/mol. The highest BCUT2D eigenvalue weighted by Crippen LogP contribution is 2.29. The molecule has 0 amide bonds. The second-order valence-electron chi connectivity index (χ2n) is 3.28. The van der Waals surface area contributed by atoms with Crippen LogP contribution in [0.25, 0.3) is 0 Å². The van der Waals surface area contributed by atoms with E-state index in [-0.39, 0.29) is 6.61 Å². The van der Waals surface area contributed by atoms with Crippen molar-refractivity contribution >= 4 is 15.9 Å². The second-order valence-corrected chi connectivity index (χ2v) is 4.13. The molecule has 0 radical (unpaired) electrons. The molecule has 0 fully saturated rings. The summed E-state index contributed by atoms with van der Waals surface area (Å²) in [5.74, 6) is 0.744. The van der Waals surface area contributed by atoms with E-state index in [9.17, 15) is 5.11 Å². The van der Waals surface area contributed by atoms with Gasteiger partial charge in [0.05, 0.1) is 17.7 Å². The van der Waals surface area contributed by atoms with E-state index in [1.807, 2.05) is 18.2 Å². The molecule has 1 unspecified atom stereocenters. The molecule has 4 heteroatoms. The Bertz CT molecular complexity index is 315. The monoisotopic (exact) mass is 274 g/mol. The van der Waals surface area contributed by atoms with Crippen molar-refractivity contribution in [2.24, 2.45) is 0 Å². The number of ether oxygens (including phenoxy) is 1. The molecule has 2 N–H and O–H groups in total. The van der Waals surface area contributed by atoms with Gasteiger partial charge in [-0.05, 0) is 46.5 Å². The maximum Gasteiger partial charge on any atom is 0.133 e. The number of hydrogen-bond acceptors (Lipinski definition) is 3. The normalized spacial score (nSPS) is 12.5. The van der Waals surface area contributed by atoms with E-state index < -0.39 is 6.10 Å². The quantitative estimate of drug-likeness (QED) is 0.866. The highest BCUT2D eigenvalue weighted by Gasteiger charge is 2.09. The Balaban J connectivity index is 2.73. The highest BCUT2D eigenvalue weighted by molar-refractivity contribution is 9.10. The number of aliphatic hydroxyl groups is 2. The van der Waals surface area contributed by atoms with E-state index in [0.717, 1.165) is 15.8 Å². The molecule has 0 spiro atoms. The van der Waals surface area contributed by atoms with E-state index in [1.54, 1.807) is 7.11 Å². The third kappa shape index (κ3) is 3.48. The van der Waals surface area contributed by atoms with Gasteiger partial charge in [0, 0.05) is 6.61 Å². The van der Waals surface area contributed by atoms with Crippen molar-refractivity contribution in [3.63, 3.8) is 0 Å². The summed E-state index contributed by atoms with van der Waals surface area (Å²) in [6.07, 6.45) is 0.638. The van der Waals surface area contributed by atoms with Crippen molar-refractivity contribution < 1.29 is 14.9 Å². The maximum absolute atomic E-state index is 9.77. The fourth-order valence-corrected chi connectivity index (χ4v) is 1.90. The second kappa shape index (κ2) is 6.10. The van der Waals surface area contributed by atoms with Crippen molar-refractivity contribution in [3.05, 3.63) is 28.2 Å². The summed E-state index contributed by atoms with van der Waals surface area (Å²) in [4.78, 5) is 0. The van der Waals surface area contributed by atoms with Gasteiger partial charge in [-0.25, -0.2) is 0 Å². The Morgan fingerprint density at radius 3 is 2.73 bits per heavy atom. The predicted octanol–water partition coefficient (Wildman–Crippen LogP) is 2.26. The lowest BCUT2D eigenvalue weighted by Gasteiger charge is -2.12. The molecule has 0 bridgehead atoms. The first kappa shape index (κ1) is 12.5. The van der Waals surface area contributed by atoms with Crippen LogP contribution in [0.4, 0.5) is 0 Å². The van der Waals surface area contributed by atoms with Crippen LogP contribution >= 0.6 is 15.9 Å². The summed E-state index contributed by atoms with van der Waals surface area (Å²) < 4.78 is 5.92. The third-order valence-electron chi connectivity index (χ3n) is 2.20. The van der Waals surface area contributed by atoms with E-state index >= 15 is 0 Å². The Hall–Kier alpha value is -0.580. The summed E-state index contributed by atoms with van der Waals surface area (Å²) >= 11 is 3.36. The molecule has 84 valence electrons. The smallest absolute Gasteiger partial charge is 0.133 e. The van der Waals surface area contributed by atoms with Crippen LogP contribution in [0.2, 0.25) is 0 Å². The van der Waals surface area contributed by atoms with Gasteiger partial charge in [0.1, 0.15) is 5.75 Å². The highest BCUT2D eigenvalue weighted by atomic mass is 79.9. The van der Waals surface area contributed by atoms with Crippen molar-refractivity contribution in [1.82, 2.24) is 0 Å². The fraction of sp³-hybridized carbons (Fsp3) is 0.455. The molecule has 0 aliphatic rings. The first-order valence-electron chi connectivity index (χ1n) is 4.81. The van der Waals surface area contributed by atoms with E-state index in [4.69, 9.17) is 9.84 Å². The maximum atomic E-state index is 9.77. The van der Waals surface area contributed by atoms with Gasteiger partial charge < -0.3 is 14.9 Å². The fourth-order valence-electron chi connectivity index (χ4n) is 1.34. The zero-order valence-corrected chi connectivity index (χ0v) is 10.2. The number of rotatable bonds is 5. The summed E-state index contributed by atoms with van der Waals surface area (Å²) in [5.41, 5.74) is 0.830. The van der Waals surface area contributed by atoms with Crippen molar-refractivity contribution in [3.8, 4) is 5.75 Å². The van der Waals surface area contributed by atoms with Crippen molar-refractivity contribution in [2.45, 2.75) is 18.9 Å². The van der Waals surface area contributed by atoms with Crippen LogP contribution in [0.5, 0.6) is 5.75 Å². The molecule has 1 atom stereocenters. The van der Waals surface area contributed by atoms with Crippen LogP contribution in [0.15, 0.2) is 22.7 Å². The zero-order chi connectivity index (χ0) is 11.3. The van der Waals surface area contributed by atoms with E-state index in [0.29, 0.717) is 12.8 Å². The molecule has 0 saturated carbocycles. The largest absolute Gasteiger partial charge is 0.496 e. The van der Waals surface area contributed by atoms with Crippen LogP contribution in [0.3, 0.4) is 0 Å². The molecule has 0 aliphatic carbocycles. The van der Waals surface area contributed by atoms with Crippen LogP contribution in [-0.2, 0) is 0 Å². The molecule has 0 aromatic heterocycles. The average molecular weight is 275 g/mol. The minimum absolute atomic E-state index is 0.106. The number of benzene rings is 1. The molecule has 1 aromatic rings. The number of methoxy groups -OCH3 is 1. The van der Waals surface area contributed by atoms with Crippen molar-refractivity contribution in [1.29, 1.82) is 0 Å². The van der Waals surface area contributed by atoms with E-state index in [1.165, 1.54) is 0 Å². The topological polar surface area (TPSA) is 49.7 Å². The van der Waals surface area contributed by atoms with Gasteiger partial charge >= 0.3 is 0 Å². The summed E-state index contributed by atoms with van der Waals surface area (Å²) in [6, 6.07) is 5.47. The molecule has 3 nitrogen and oxygen atoms in total. The Labute approximate surface area is 97.8 Å². The van der Waals surface area contributed by atoms with Gasteiger partial charge in [-0.2, -0.15) is 0 Å². The molecule has 0 heterocycles. The van der Waals surface area contributed by atoms with Gasteiger partial charge in [0.15, 0.2) is 0 Å². The lowest BCUT2D eigenvalue weighted by molar-refractivity contribution is 0.151. The summed E-state index contributed by atoms with van der Waals surface area (Å²) in [7, 11) is 1.60. The van der Waals surface area contributed by atoms with Gasteiger partial charge in [-0.3, -0.25) is 0 Å². The molecule has 1 rings (SSSR count). The Morgan fingerprint density at radius 2 is 2.20 bits per heavy atom. The molecule has 1 aromatic carbocycles. The summed E-state index contributed by atoms with van der Waals surface area (Å²) in [5, 5.41) is 18.4. The van der Waals surface area contributed by atoms with Gasteiger partial charge in [-0.15, -0.1) is 0 Å². The number of aliphatic hydroxyl groups excluding tert-OH is 2. The lowest BCUT2D eigenvalue weighted by atomic mass is 10.1. The third-order valence-corrected chi connectivity index (χ3v) is 2.82. The van der Waals surface area contributed by atoms with Crippen molar-refractivity contribution in [2.75, 3.05) is 13.7 Å². The minimum Gasteiger partial charge on any atom is -0.496 e. The number of hydrogen-bond donors (Lipinski definition) is 2. The SMILES string of the molecule is COc1ccc(C(O)CCCO)cc1Br. The van der Waals surface area contributed by atoms with E-state index in [2.05, 4.69) is 15.9 Å². The molecule has 15 heavy (non-hydrogen) atoms. The van der Waals surface area contributed by atoms with Gasteiger partial charge in [0.25, 0.3) is 0 Å². The molecule has 0 aliphatic heterocycles. The lowest BCUT2D eigenvalue weighted by Crippen LogP contribution is -1.99.